The second kappa shape index (κ2) is 9.91. The molecule has 0 aliphatic heterocycles. The molecule has 0 unspecified atom stereocenters. The van der Waals surface area contributed by atoms with Gasteiger partial charge in [0.1, 0.15) is 12.4 Å². The van der Waals surface area contributed by atoms with Gasteiger partial charge in [-0.15, -0.1) is 0 Å². The first-order valence-corrected chi connectivity index (χ1v) is 9.50. The molecule has 0 spiro atoms. The molecule has 3 rings (SSSR count). The number of halogens is 3. The fourth-order valence-corrected chi connectivity index (χ4v) is 2.83. The van der Waals surface area contributed by atoms with E-state index in [2.05, 4.69) is 5.32 Å². The Morgan fingerprint density at radius 2 is 1.78 bits per heavy atom. The van der Waals surface area contributed by atoms with E-state index in [0.29, 0.717) is 22.6 Å². The van der Waals surface area contributed by atoms with Crippen LogP contribution in [0.5, 0.6) is 17.2 Å². The Balaban J connectivity index is 1.63. The largest absolute Gasteiger partial charge is 0.504 e. The molecule has 2 N–H and O–H groups in total. The van der Waals surface area contributed by atoms with E-state index in [4.69, 9.17) is 9.47 Å². The molecule has 0 fully saturated rings. The Morgan fingerprint density at radius 1 is 1.06 bits per heavy atom. The topological polar surface area (TPSA) is 67.8 Å². The number of methoxy groups -OCH3 is 1. The molecule has 0 saturated carbocycles. The summed E-state index contributed by atoms with van der Waals surface area (Å²) in [5.74, 6) is 0.162. The van der Waals surface area contributed by atoms with Crippen molar-refractivity contribution in [3.63, 3.8) is 0 Å². The van der Waals surface area contributed by atoms with Crippen molar-refractivity contribution in [3.8, 4) is 17.2 Å². The summed E-state index contributed by atoms with van der Waals surface area (Å²) in [6.45, 7) is 0.0535. The number of rotatable bonds is 7. The number of alkyl halides is 3. The van der Waals surface area contributed by atoms with Crippen molar-refractivity contribution < 1.29 is 32.5 Å². The number of para-hydroxylation sites is 1. The zero-order valence-corrected chi connectivity index (χ0v) is 17.0. The number of nitrogens with one attached hydrogen (secondary N) is 1. The quantitative estimate of drug-likeness (QED) is 0.463. The summed E-state index contributed by atoms with van der Waals surface area (Å²) in [5.41, 5.74) is 1.01. The molecule has 0 bridgehead atoms. The van der Waals surface area contributed by atoms with E-state index in [9.17, 15) is 23.1 Å². The van der Waals surface area contributed by atoms with Gasteiger partial charge >= 0.3 is 6.18 Å². The maximum atomic E-state index is 12.7. The molecule has 0 aliphatic rings. The van der Waals surface area contributed by atoms with Gasteiger partial charge in [0.2, 0.25) is 5.91 Å². The van der Waals surface area contributed by atoms with Gasteiger partial charge in [-0.05, 0) is 54.1 Å². The lowest BCUT2D eigenvalue weighted by atomic mass is 10.1. The second-order valence-corrected chi connectivity index (χ2v) is 6.72. The molecular formula is C24H20F3NO4. The molecule has 0 heterocycles. The molecule has 0 saturated heterocycles. The molecule has 8 heteroatoms. The van der Waals surface area contributed by atoms with Crippen LogP contribution in [0, 0.1) is 0 Å². The Hall–Kier alpha value is -3.94. The van der Waals surface area contributed by atoms with Crippen LogP contribution in [-0.4, -0.2) is 18.1 Å². The number of benzene rings is 3. The van der Waals surface area contributed by atoms with Crippen molar-refractivity contribution in [2.24, 2.45) is 0 Å². The Labute approximate surface area is 182 Å². The van der Waals surface area contributed by atoms with E-state index in [1.165, 1.54) is 37.5 Å². The van der Waals surface area contributed by atoms with E-state index >= 15 is 0 Å². The van der Waals surface area contributed by atoms with Gasteiger partial charge in [-0.25, -0.2) is 0 Å². The highest BCUT2D eigenvalue weighted by Crippen LogP contribution is 2.30. The summed E-state index contributed by atoms with van der Waals surface area (Å²) in [6.07, 6.45) is -1.56. The Morgan fingerprint density at radius 3 is 2.44 bits per heavy atom. The van der Waals surface area contributed by atoms with Gasteiger partial charge in [0, 0.05) is 17.3 Å². The summed E-state index contributed by atoms with van der Waals surface area (Å²) in [4.78, 5) is 12.3. The average molecular weight is 443 g/mol. The van der Waals surface area contributed by atoms with Gasteiger partial charge in [-0.2, -0.15) is 13.2 Å². The van der Waals surface area contributed by atoms with E-state index in [1.54, 1.807) is 36.4 Å². The molecule has 0 aliphatic carbocycles. The lowest BCUT2D eigenvalue weighted by Crippen LogP contribution is -2.10. The number of hydrogen-bond donors (Lipinski definition) is 2. The zero-order valence-electron chi connectivity index (χ0n) is 17.0. The third-order valence-electron chi connectivity index (χ3n) is 4.48. The first-order valence-electron chi connectivity index (χ1n) is 9.50. The Bertz CT molecular complexity index is 1110. The van der Waals surface area contributed by atoms with Crippen LogP contribution in [0.4, 0.5) is 18.9 Å². The van der Waals surface area contributed by atoms with Crippen LogP contribution in [0.2, 0.25) is 0 Å². The molecule has 3 aromatic carbocycles. The summed E-state index contributed by atoms with van der Waals surface area (Å²) in [7, 11) is 1.44. The molecule has 166 valence electrons. The smallest absolute Gasteiger partial charge is 0.416 e. The van der Waals surface area contributed by atoms with Gasteiger partial charge in [0.15, 0.2) is 11.5 Å². The first kappa shape index (κ1) is 22.7. The third-order valence-corrected chi connectivity index (χ3v) is 4.48. The standard InChI is InChI=1S/C24H20F3NO4/c1-31-22-12-6-16(14-21(22)29)7-13-23(30)28-20-5-3-2-4-17(20)15-32-19-10-8-18(9-11-19)24(25,26)27/h2-14,29H,15H2,1H3,(H,28,30)/b13-7+. The number of phenols is 1. The number of carbonyl (C=O) groups excluding carboxylic acids is 1. The second-order valence-electron chi connectivity index (χ2n) is 6.72. The van der Waals surface area contributed by atoms with Crippen LogP contribution in [0.25, 0.3) is 6.08 Å². The van der Waals surface area contributed by atoms with Crippen LogP contribution < -0.4 is 14.8 Å². The summed E-state index contributed by atoms with van der Waals surface area (Å²) < 4.78 is 48.5. The fourth-order valence-electron chi connectivity index (χ4n) is 2.83. The lowest BCUT2D eigenvalue weighted by molar-refractivity contribution is -0.137. The average Bonchev–Trinajstić information content (AvgIpc) is 2.77. The maximum Gasteiger partial charge on any atom is 0.416 e. The van der Waals surface area contributed by atoms with E-state index < -0.39 is 17.6 Å². The van der Waals surface area contributed by atoms with Crippen molar-refractivity contribution in [1.82, 2.24) is 0 Å². The van der Waals surface area contributed by atoms with E-state index in [0.717, 1.165) is 12.1 Å². The minimum absolute atomic E-state index is 0.0409. The summed E-state index contributed by atoms with van der Waals surface area (Å²) in [6, 6.07) is 16.1. The predicted molar refractivity (Wildman–Crippen MR) is 115 cm³/mol. The molecule has 0 radical (unpaired) electrons. The maximum absolute atomic E-state index is 12.7. The van der Waals surface area contributed by atoms with Crippen LogP contribution in [-0.2, 0) is 17.6 Å². The number of phenolic OH excluding ortho intramolecular Hbond substituents is 1. The molecule has 0 aromatic heterocycles. The van der Waals surface area contributed by atoms with Crippen molar-refractivity contribution >= 4 is 17.7 Å². The first-order chi connectivity index (χ1) is 15.3. The highest BCUT2D eigenvalue weighted by molar-refractivity contribution is 6.02. The molecular weight excluding hydrogens is 423 g/mol. The van der Waals surface area contributed by atoms with Gasteiger partial charge in [0.05, 0.1) is 12.7 Å². The predicted octanol–water partition coefficient (Wildman–Crippen LogP) is 5.65. The van der Waals surface area contributed by atoms with E-state index in [1.807, 2.05) is 0 Å². The number of hydrogen-bond acceptors (Lipinski definition) is 4. The van der Waals surface area contributed by atoms with Gasteiger partial charge < -0.3 is 19.9 Å². The van der Waals surface area contributed by atoms with Crippen molar-refractivity contribution in [2.75, 3.05) is 12.4 Å². The number of ether oxygens (including phenoxy) is 2. The monoisotopic (exact) mass is 443 g/mol. The fraction of sp³-hybridized carbons (Fsp3) is 0.125. The molecule has 1 amide bonds. The highest BCUT2D eigenvalue weighted by atomic mass is 19.4. The molecule has 3 aromatic rings. The summed E-state index contributed by atoms with van der Waals surface area (Å²) >= 11 is 0. The molecule has 32 heavy (non-hydrogen) atoms. The van der Waals surface area contributed by atoms with Crippen molar-refractivity contribution in [1.29, 1.82) is 0 Å². The van der Waals surface area contributed by atoms with Crippen molar-refractivity contribution in [2.45, 2.75) is 12.8 Å². The SMILES string of the molecule is COc1ccc(/C=C/C(=O)Nc2ccccc2COc2ccc(C(F)(F)F)cc2)cc1O. The van der Waals surface area contributed by atoms with Gasteiger partial charge in [-0.3, -0.25) is 4.79 Å². The van der Waals surface area contributed by atoms with Gasteiger partial charge in [-0.1, -0.05) is 24.3 Å². The van der Waals surface area contributed by atoms with Crippen LogP contribution >= 0.6 is 0 Å². The molecule has 0 atom stereocenters. The molecule has 5 nitrogen and oxygen atoms in total. The minimum atomic E-state index is -4.41. The van der Waals surface area contributed by atoms with Crippen LogP contribution in [0.1, 0.15) is 16.7 Å². The normalized spacial score (nSPS) is 11.4. The minimum Gasteiger partial charge on any atom is -0.504 e. The Kier molecular flexibility index (Phi) is 7.04. The number of aromatic hydroxyl groups is 1. The van der Waals surface area contributed by atoms with E-state index in [-0.39, 0.29) is 18.1 Å². The zero-order chi connectivity index (χ0) is 23.1. The van der Waals surface area contributed by atoms with Crippen molar-refractivity contribution in [3.05, 3.63) is 89.5 Å². The number of anilines is 1. The van der Waals surface area contributed by atoms with Crippen LogP contribution in [0.15, 0.2) is 72.8 Å². The lowest BCUT2D eigenvalue weighted by Gasteiger charge is -2.12. The number of amides is 1. The van der Waals surface area contributed by atoms with Crippen LogP contribution in [0.3, 0.4) is 0 Å². The third kappa shape index (κ3) is 6.04. The van der Waals surface area contributed by atoms with Gasteiger partial charge in [0.25, 0.3) is 0 Å². The summed E-state index contributed by atoms with van der Waals surface area (Å²) in [5, 5.41) is 12.5. The highest BCUT2D eigenvalue weighted by Gasteiger charge is 2.30. The number of carbonyl (C=O) groups is 1.